The Labute approximate surface area is 123 Å². The summed E-state index contributed by atoms with van der Waals surface area (Å²) in [4.78, 5) is 12.5. The highest BCUT2D eigenvalue weighted by Crippen LogP contribution is 2.40. The average molecular weight is 297 g/mol. The van der Waals surface area contributed by atoms with Gasteiger partial charge in [-0.05, 0) is 30.4 Å². The lowest BCUT2D eigenvalue weighted by Gasteiger charge is -2.42. The number of piperidine rings is 1. The highest BCUT2D eigenvalue weighted by molar-refractivity contribution is 5.88. The molecule has 116 valence electrons. The predicted molar refractivity (Wildman–Crippen MR) is 77.8 cm³/mol. The van der Waals surface area contributed by atoms with E-state index in [9.17, 15) is 13.6 Å². The summed E-state index contributed by atoms with van der Waals surface area (Å²) in [5, 5.41) is 8.82. The molecule has 0 aromatic heterocycles. The number of carbonyl (C=O) groups is 1. The SMILES string of the molecule is CCC1(CC)CCN(c2c(F)cc(C(=O)O)cc2F)CC1. The number of carboxylic acid groups (broad SMARTS) is 1. The van der Waals surface area contributed by atoms with Gasteiger partial charge in [-0.15, -0.1) is 0 Å². The van der Waals surface area contributed by atoms with Crippen molar-refractivity contribution in [3.8, 4) is 0 Å². The van der Waals surface area contributed by atoms with E-state index in [2.05, 4.69) is 13.8 Å². The Balaban J connectivity index is 2.23. The van der Waals surface area contributed by atoms with E-state index >= 15 is 0 Å². The van der Waals surface area contributed by atoms with Gasteiger partial charge in [-0.3, -0.25) is 0 Å². The van der Waals surface area contributed by atoms with Crippen molar-refractivity contribution in [2.24, 2.45) is 5.41 Å². The van der Waals surface area contributed by atoms with Crippen molar-refractivity contribution in [2.45, 2.75) is 39.5 Å². The highest BCUT2D eigenvalue weighted by Gasteiger charge is 2.33. The standard InChI is InChI=1S/C16H21F2NO2/c1-3-16(4-2)5-7-19(8-6-16)14-12(17)9-11(15(20)21)10-13(14)18/h9-10H,3-8H2,1-2H3,(H,20,21). The van der Waals surface area contributed by atoms with Gasteiger partial charge in [-0.2, -0.15) is 0 Å². The second-order valence-electron chi connectivity index (χ2n) is 5.79. The maximum Gasteiger partial charge on any atom is 0.335 e. The van der Waals surface area contributed by atoms with Crippen LogP contribution in [0, 0.1) is 17.0 Å². The van der Waals surface area contributed by atoms with Crippen LogP contribution in [0.3, 0.4) is 0 Å². The Morgan fingerprint density at radius 1 is 1.19 bits per heavy atom. The fraction of sp³-hybridized carbons (Fsp3) is 0.562. The van der Waals surface area contributed by atoms with Gasteiger partial charge in [0.2, 0.25) is 0 Å². The molecule has 0 aliphatic carbocycles. The Kier molecular flexibility index (Phi) is 4.49. The smallest absolute Gasteiger partial charge is 0.335 e. The van der Waals surface area contributed by atoms with E-state index < -0.39 is 17.6 Å². The maximum atomic E-state index is 14.1. The number of anilines is 1. The van der Waals surface area contributed by atoms with Crippen LogP contribution < -0.4 is 4.90 Å². The minimum absolute atomic E-state index is 0.0965. The summed E-state index contributed by atoms with van der Waals surface area (Å²) in [5.41, 5.74) is -0.187. The van der Waals surface area contributed by atoms with Crippen LogP contribution in [-0.4, -0.2) is 24.2 Å². The number of rotatable bonds is 4. The van der Waals surface area contributed by atoms with Crippen molar-refractivity contribution >= 4 is 11.7 Å². The summed E-state index contributed by atoms with van der Waals surface area (Å²) < 4.78 is 28.1. The third kappa shape index (κ3) is 3.01. The van der Waals surface area contributed by atoms with Gasteiger partial charge in [0.25, 0.3) is 0 Å². The third-order valence-corrected chi connectivity index (χ3v) is 4.90. The zero-order chi connectivity index (χ0) is 15.6. The number of nitrogens with zero attached hydrogens (tertiary/aromatic N) is 1. The average Bonchev–Trinajstić information content (AvgIpc) is 2.47. The summed E-state index contributed by atoms with van der Waals surface area (Å²) in [6.45, 7) is 5.51. The molecule has 0 atom stereocenters. The molecule has 1 heterocycles. The van der Waals surface area contributed by atoms with E-state index in [0.717, 1.165) is 37.8 Å². The molecule has 5 heteroatoms. The summed E-state index contributed by atoms with van der Waals surface area (Å²) in [6, 6.07) is 1.78. The van der Waals surface area contributed by atoms with Crippen molar-refractivity contribution in [2.75, 3.05) is 18.0 Å². The summed E-state index contributed by atoms with van der Waals surface area (Å²) in [5.74, 6) is -2.92. The Morgan fingerprint density at radius 3 is 2.05 bits per heavy atom. The monoisotopic (exact) mass is 297 g/mol. The first-order valence-electron chi connectivity index (χ1n) is 7.39. The lowest BCUT2D eigenvalue weighted by molar-refractivity contribution is 0.0695. The van der Waals surface area contributed by atoms with E-state index in [1.54, 1.807) is 4.90 Å². The van der Waals surface area contributed by atoms with Crippen molar-refractivity contribution in [3.05, 3.63) is 29.3 Å². The molecular formula is C16H21F2NO2. The zero-order valence-electron chi connectivity index (χ0n) is 12.5. The van der Waals surface area contributed by atoms with Crippen LogP contribution in [0.4, 0.5) is 14.5 Å². The van der Waals surface area contributed by atoms with Crippen LogP contribution in [0.1, 0.15) is 49.9 Å². The molecule has 1 aliphatic rings. The van der Waals surface area contributed by atoms with E-state index in [1.165, 1.54) is 0 Å². The molecular weight excluding hydrogens is 276 g/mol. The molecule has 0 radical (unpaired) electrons. The minimum Gasteiger partial charge on any atom is -0.478 e. The minimum atomic E-state index is -1.33. The van der Waals surface area contributed by atoms with Gasteiger partial charge in [0.15, 0.2) is 0 Å². The molecule has 2 rings (SSSR count). The Bertz CT molecular complexity index is 508. The Hall–Kier alpha value is -1.65. The molecule has 0 saturated carbocycles. The topological polar surface area (TPSA) is 40.5 Å². The fourth-order valence-corrected chi connectivity index (χ4v) is 3.15. The molecule has 1 aliphatic heterocycles. The molecule has 1 saturated heterocycles. The lowest BCUT2D eigenvalue weighted by Crippen LogP contribution is -2.40. The Morgan fingerprint density at radius 2 is 1.67 bits per heavy atom. The maximum absolute atomic E-state index is 14.1. The lowest BCUT2D eigenvalue weighted by atomic mass is 9.74. The normalized spacial score (nSPS) is 17.8. The van der Waals surface area contributed by atoms with E-state index in [1.807, 2.05) is 0 Å². The first kappa shape index (κ1) is 15.7. The van der Waals surface area contributed by atoms with Crippen molar-refractivity contribution in [3.63, 3.8) is 0 Å². The quantitative estimate of drug-likeness (QED) is 0.910. The van der Waals surface area contributed by atoms with Crippen molar-refractivity contribution in [1.82, 2.24) is 0 Å². The molecule has 21 heavy (non-hydrogen) atoms. The van der Waals surface area contributed by atoms with Crippen LogP contribution in [0.15, 0.2) is 12.1 Å². The second-order valence-corrected chi connectivity index (χ2v) is 5.79. The van der Waals surface area contributed by atoms with Crippen LogP contribution in [0.5, 0.6) is 0 Å². The van der Waals surface area contributed by atoms with Crippen LogP contribution in [-0.2, 0) is 0 Å². The van der Waals surface area contributed by atoms with Gasteiger partial charge < -0.3 is 10.0 Å². The molecule has 1 fully saturated rings. The third-order valence-electron chi connectivity index (χ3n) is 4.90. The molecule has 0 spiro atoms. The highest BCUT2D eigenvalue weighted by atomic mass is 19.1. The van der Waals surface area contributed by atoms with Gasteiger partial charge in [0, 0.05) is 13.1 Å². The predicted octanol–water partition coefficient (Wildman–Crippen LogP) is 4.07. The molecule has 1 N–H and O–H groups in total. The number of aromatic carboxylic acids is 1. The first-order valence-corrected chi connectivity index (χ1v) is 7.39. The molecule has 3 nitrogen and oxygen atoms in total. The second kappa shape index (κ2) is 6.00. The van der Waals surface area contributed by atoms with Gasteiger partial charge in [0.05, 0.1) is 5.56 Å². The summed E-state index contributed by atoms with van der Waals surface area (Å²) >= 11 is 0. The molecule has 0 amide bonds. The van der Waals surface area contributed by atoms with Crippen molar-refractivity contribution < 1.29 is 18.7 Å². The van der Waals surface area contributed by atoms with Crippen LogP contribution >= 0.6 is 0 Å². The number of halogens is 2. The van der Waals surface area contributed by atoms with Crippen molar-refractivity contribution in [1.29, 1.82) is 0 Å². The van der Waals surface area contributed by atoms with E-state index in [4.69, 9.17) is 5.11 Å². The van der Waals surface area contributed by atoms with Gasteiger partial charge in [0.1, 0.15) is 17.3 Å². The van der Waals surface area contributed by atoms with Crippen LogP contribution in [0.25, 0.3) is 0 Å². The summed E-state index contributed by atoms with van der Waals surface area (Å²) in [7, 11) is 0. The van der Waals surface area contributed by atoms with E-state index in [-0.39, 0.29) is 16.7 Å². The molecule has 1 aromatic carbocycles. The number of benzene rings is 1. The summed E-state index contributed by atoms with van der Waals surface area (Å²) in [6.07, 6.45) is 3.94. The van der Waals surface area contributed by atoms with E-state index in [0.29, 0.717) is 13.1 Å². The number of carboxylic acids is 1. The largest absolute Gasteiger partial charge is 0.478 e. The molecule has 0 bridgehead atoms. The number of hydrogen-bond acceptors (Lipinski definition) is 2. The zero-order valence-corrected chi connectivity index (χ0v) is 12.5. The molecule has 0 unspecified atom stereocenters. The first-order chi connectivity index (χ1) is 9.92. The number of hydrogen-bond donors (Lipinski definition) is 1. The fourth-order valence-electron chi connectivity index (χ4n) is 3.15. The van der Waals surface area contributed by atoms with Gasteiger partial charge in [-0.1, -0.05) is 26.7 Å². The van der Waals surface area contributed by atoms with Gasteiger partial charge >= 0.3 is 5.97 Å². The van der Waals surface area contributed by atoms with Crippen LogP contribution in [0.2, 0.25) is 0 Å². The molecule has 1 aromatic rings. The van der Waals surface area contributed by atoms with Gasteiger partial charge in [-0.25, -0.2) is 13.6 Å².